The topological polar surface area (TPSA) is 51.0 Å². The van der Waals surface area contributed by atoms with Crippen molar-refractivity contribution in [2.45, 2.75) is 38.0 Å². The normalized spacial score (nSPS) is 17.2. The maximum absolute atomic E-state index is 5.95. The second kappa shape index (κ2) is 4.56. The summed E-state index contributed by atoms with van der Waals surface area (Å²) in [7, 11) is 1.68. The number of hydrogen-bond donors (Lipinski definition) is 2. The fourth-order valence-electron chi connectivity index (χ4n) is 3.08. The van der Waals surface area contributed by atoms with Crippen molar-refractivity contribution >= 4 is 16.6 Å². The molecule has 1 fully saturated rings. The van der Waals surface area contributed by atoms with Crippen molar-refractivity contribution in [1.82, 2.24) is 4.98 Å². The highest BCUT2D eigenvalue weighted by Gasteiger charge is 2.18. The van der Waals surface area contributed by atoms with Crippen LogP contribution in [0.2, 0.25) is 0 Å². The van der Waals surface area contributed by atoms with Crippen LogP contribution in [0.5, 0.6) is 5.75 Å². The number of benzene rings is 1. The van der Waals surface area contributed by atoms with Crippen molar-refractivity contribution < 1.29 is 4.74 Å². The Morgan fingerprint density at radius 2 is 2.00 bits per heavy atom. The van der Waals surface area contributed by atoms with E-state index in [0.29, 0.717) is 11.6 Å². The molecule has 2 aromatic rings. The molecule has 1 aromatic carbocycles. The first-order valence-electron chi connectivity index (χ1n) is 6.74. The van der Waals surface area contributed by atoms with Crippen LogP contribution in [0.3, 0.4) is 0 Å². The summed E-state index contributed by atoms with van der Waals surface area (Å²) in [5, 5.41) is 1.11. The Bertz CT molecular complexity index is 553. The van der Waals surface area contributed by atoms with Gasteiger partial charge in [0.05, 0.1) is 12.8 Å². The van der Waals surface area contributed by atoms with E-state index in [1.807, 2.05) is 12.1 Å². The first-order valence-corrected chi connectivity index (χ1v) is 6.74. The van der Waals surface area contributed by atoms with Gasteiger partial charge in [-0.2, -0.15) is 0 Å². The highest BCUT2D eigenvalue weighted by atomic mass is 16.5. The van der Waals surface area contributed by atoms with Crippen molar-refractivity contribution in [3.05, 3.63) is 23.9 Å². The third kappa shape index (κ3) is 1.84. The van der Waals surface area contributed by atoms with E-state index in [0.717, 1.165) is 16.7 Å². The van der Waals surface area contributed by atoms with E-state index in [1.54, 1.807) is 7.11 Å². The molecule has 3 nitrogen and oxygen atoms in total. The highest BCUT2D eigenvalue weighted by Crippen LogP contribution is 2.37. The van der Waals surface area contributed by atoms with Gasteiger partial charge >= 0.3 is 0 Å². The minimum Gasteiger partial charge on any atom is -0.494 e. The molecule has 0 amide bonds. The van der Waals surface area contributed by atoms with Gasteiger partial charge in [-0.3, -0.25) is 0 Å². The van der Waals surface area contributed by atoms with Gasteiger partial charge in [-0.25, -0.2) is 0 Å². The van der Waals surface area contributed by atoms with Gasteiger partial charge in [-0.15, -0.1) is 0 Å². The van der Waals surface area contributed by atoms with E-state index in [1.165, 1.54) is 37.8 Å². The first-order chi connectivity index (χ1) is 8.79. The Hall–Kier alpha value is -1.64. The molecule has 1 aliphatic rings. The molecule has 0 bridgehead atoms. The zero-order valence-corrected chi connectivity index (χ0v) is 10.8. The number of H-pyrrole nitrogens is 1. The number of fused-ring (bicyclic) bond motifs is 1. The lowest BCUT2D eigenvalue weighted by atomic mass is 9.87. The summed E-state index contributed by atoms with van der Waals surface area (Å²) < 4.78 is 5.41. The number of aromatic nitrogens is 1. The largest absolute Gasteiger partial charge is 0.494 e. The van der Waals surface area contributed by atoms with Gasteiger partial charge in [0.2, 0.25) is 0 Å². The lowest BCUT2D eigenvalue weighted by Crippen LogP contribution is -2.04. The molecule has 1 saturated carbocycles. The van der Waals surface area contributed by atoms with Gasteiger partial charge in [-0.05, 0) is 37.0 Å². The Balaban J connectivity index is 2.04. The number of rotatable bonds is 2. The van der Waals surface area contributed by atoms with Gasteiger partial charge in [0, 0.05) is 16.6 Å². The quantitative estimate of drug-likeness (QED) is 0.789. The molecule has 18 heavy (non-hydrogen) atoms. The lowest BCUT2D eigenvalue weighted by molar-refractivity contribution is 0.422. The molecule has 3 rings (SSSR count). The summed E-state index contributed by atoms with van der Waals surface area (Å²) in [4.78, 5) is 3.53. The number of nitrogens with two attached hydrogens (primary N) is 1. The van der Waals surface area contributed by atoms with E-state index in [4.69, 9.17) is 10.5 Å². The molecule has 1 aromatic heterocycles. The number of hydrogen-bond acceptors (Lipinski definition) is 2. The Morgan fingerprint density at radius 1 is 1.22 bits per heavy atom. The molecule has 1 aliphatic carbocycles. The number of methoxy groups -OCH3 is 1. The van der Waals surface area contributed by atoms with Crippen molar-refractivity contribution in [3.8, 4) is 5.75 Å². The Labute approximate surface area is 107 Å². The molecule has 1 heterocycles. The van der Waals surface area contributed by atoms with Crippen LogP contribution < -0.4 is 10.5 Å². The third-order valence-corrected chi connectivity index (χ3v) is 4.05. The predicted molar refractivity (Wildman–Crippen MR) is 75.1 cm³/mol. The van der Waals surface area contributed by atoms with Crippen LogP contribution in [0.25, 0.3) is 10.9 Å². The van der Waals surface area contributed by atoms with Crippen LogP contribution in [0.1, 0.15) is 43.7 Å². The smallest absolute Gasteiger partial charge is 0.151 e. The average molecular weight is 244 g/mol. The summed E-state index contributed by atoms with van der Waals surface area (Å²) in [6, 6.07) is 6.17. The molecule has 0 unspecified atom stereocenters. The van der Waals surface area contributed by atoms with E-state index in [2.05, 4.69) is 11.1 Å². The van der Waals surface area contributed by atoms with Crippen molar-refractivity contribution in [2.75, 3.05) is 12.8 Å². The van der Waals surface area contributed by atoms with Crippen molar-refractivity contribution in [3.63, 3.8) is 0 Å². The molecule has 0 aliphatic heterocycles. The Kier molecular flexibility index (Phi) is 2.90. The number of anilines is 1. The zero-order chi connectivity index (χ0) is 12.5. The highest BCUT2D eigenvalue weighted by molar-refractivity contribution is 5.91. The minimum absolute atomic E-state index is 0.678. The van der Waals surface area contributed by atoms with Gasteiger partial charge in [0.25, 0.3) is 0 Å². The molecule has 96 valence electrons. The number of nitrogens with one attached hydrogen (secondary N) is 1. The van der Waals surface area contributed by atoms with E-state index in [9.17, 15) is 0 Å². The average Bonchev–Trinajstić information content (AvgIpc) is 2.84. The maximum atomic E-state index is 5.95. The molecule has 0 spiro atoms. The standard InChI is InChI=1S/C15H20N2O/c1-18-15-11-9-14(10-5-3-2-4-6-10)17-13(11)8-7-12(15)16/h7-10,17H,2-6,16H2,1H3. The number of nitrogen functional groups attached to an aromatic ring is 1. The summed E-state index contributed by atoms with van der Waals surface area (Å²) >= 11 is 0. The van der Waals surface area contributed by atoms with E-state index in [-0.39, 0.29) is 0 Å². The van der Waals surface area contributed by atoms with Gasteiger partial charge < -0.3 is 15.5 Å². The van der Waals surface area contributed by atoms with Crippen LogP contribution in [-0.2, 0) is 0 Å². The van der Waals surface area contributed by atoms with Gasteiger partial charge in [0.15, 0.2) is 5.75 Å². The molecule has 3 heteroatoms. The van der Waals surface area contributed by atoms with E-state index < -0.39 is 0 Å². The van der Waals surface area contributed by atoms with Crippen LogP contribution in [0, 0.1) is 0 Å². The minimum atomic E-state index is 0.678. The van der Waals surface area contributed by atoms with Crippen LogP contribution in [0.4, 0.5) is 5.69 Å². The predicted octanol–water partition coefficient (Wildman–Crippen LogP) is 3.81. The number of ether oxygens (including phenoxy) is 1. The summed E-state index contributed by atoms with van der Waals surface area (Å²) in [6.07, 6.45) is 6.67. The lowest BCUT2D eigenvalue weighted by Gasteiger charge is -2.20. The summed E-state index contributed by atoms with van der Waals surface area (Å²) in [5.41, 5.74) is 9.12. The van der Waals surface area contributed by atoms with Crippen molar-refractivity contribution in [2.24, 2.45) is 0 Å². The van der Waals surface area contributed by atoms with Crippen LogP contribution in [-0.4, -0.2) is 12.1 Å². The Morgan fingerprint density at radius 3 is 2.72 bits per heavy atom. The van der Waals surface area contributed by atoms with Crippen LogP contribution >= 0.6 is 0 Å². The third-order valence-electron chi connectivity index (χ3n) is 4.05. The van der Waals surface area contributed by atoms with Gasteiger partial charge in [-0.1, -0.05) is 19.3 Å². The van der Waals surface area contributed by atoms with Gasteiger partial charge in [0.1, 0.15) is 0 Å². The summed E-state index contributed by atoms with van der Waals surface area (Å²) in [6.45, 7) is 0. The fourth-order valence-corrected chi connectivity index (χ4v) is 3.08. The molecule has 3 N–H and O–H groups in total. The SMILES string of the molecule is COc1c(N)ccc2[nH]c(C3CCCCC3)cc12. The second-order valence-corrected chi connectivity index (χ2v) is 5.21. The maximum Gasteiger partial charge on any atom is 0.151 e. The zero-order valence-electron chi connectivity index (χ0n) is 10.8. The molecule has 0 saturated heterocycles. The summed E-state index contributed by atoms with van der Waals surface area (Å²) in [5.74, 6) is 1.47. The van der Waals surface area contributed by atoms with E-state index >= 15 is 0 Å². The molecular formula is C15H20N2O. The molecular weight excluding hydrogens is 224 g/mol. The molecule has 0 radical (unpaired) electrons. The van der Waals surface area contributed by atoms with Crippen LogP contribution in [0.15, 0.2) is 18.2 Å². The fraction of sp³-hybridized carbons (Fsp3) is 0.467. The second-order valence-electron chi connectivity index (χ2n) is 5.21. The molecule has 0 atom stereocenters. The monoisotopic (exact) mass is 244 g/mol. The van der Waals surface area contributed by atoms with Crippen molar-refractivity contribution in [1.29, 1.82) is 0 Å². The first kappa shape index (κ1) is 11.5. The number of aromatic amines is 1.